The second-order valence-corrected chi connectivity index (χ2v) is 5.72. The topological polar surface area (TPSA) is 66.6 Å². The summed E-state index contributed by atoms with van der Waals surface area (Å²) in [7, 11) is 1.84. The Labute approximate surface area is 125 Å². The Kier molecular flexibility index (Phi) is 6.10. The molecule has 3 N–H and O–H groups in total. The highest BCUT2D eigenvalue weighted by atomic mass is 32.1. The van der Waals surface area contributed by atoms with Crippen LogP contribution >= 0.6 is 12.2 Å². The summed E-state index contributed by atoms with van der Waals surface area (Å²) >= 11 is 5.13. The molecule has 0 aliphatic rings. The van der Waals surface area contributed by atoms with Crippen molar-refractivity contribution in [2.45, 2.75) is 32.2 Å². The highest BCUT2D eigenvalue weighted by Crippen LogP contribution is 2.23. The molecule has 0 bridgehead atoms. The fourth-order valence-corrected chi connectivity index (χ4v) is 2.42. The number of thiocarbonyl (C=S) groups is 1. The molecule has 0 aliphatic carbocycles. The number of carboxylic acid groups (broad SMARTS) is 1. The maximum absolute atomic E-state index is 10.7. The van der Waals surface area contributed by atoms with Gasteiger partial charge in [-0.15, -0.1) is 0 Å². The molecule has 0 saturated heterocycles. The molecule has 1 atom stereocenters. The normalized spacial score (nSPS) is 12.7. The molecule has 4 nitrogen and oxygen atoms in total. The lowest BCUT2D eigenvalue weighted by molar-refractivity contribution is -0.137. The van der Waals surface area contributed by atoms with E-state index in [9.17, 15) is 4.79 Å². The zero-order valence-electron chi connectivity index (χ0n) is 12.2. The second-order valence-electron chi connectivity index (χ2n) is 5.25. The van der Waals surface area contributed by atoms with E-state index in [1.807, 2.05) is 24.1 Å². The van der Waals surface area contributed by atoms with Crippen molar-refractivity contribution in [3.8, 4) is 0 Å². The van der Waals surface area contributed by atoms with Crippen LogP contribution in [-0.4, -0.2) is 34.6 Å². The summed E-state index contributed by atoms with van der Waals surface area (Å²) < 4.78 is 0. The number of rotatable bonds is 7. The molecule has 1 rings (SSSR count). The molecule has 1 aromatic rings. The van der Waals surface area contributed by atoms with Gasteiger partial charge in [0.15, 0.2) is 0 Å². The molecule has 0 heterocycles. The third-order valence-electron chi connectivity index (χ3n) is 3.31. The number of nitrogens with two attached hydrogens (primary N) is 1. The van der Waals surface area contributed by atoms with E-state index >= 15 is 0 Å². The first-order chi connectivity index (χ1) is 9.32. The minimum absolute atomic E-state index is 0.0691. The summed E-state index contributed by atoms with van der Waals surface area (Å²) in [4.78, 5) is 12.9. The van der Waals surface area contributed by atoms with Gasteiger partial charge in [0.1, 0.15) is 0 Å². The molecule has 0 radical (unpaired) electrons. The van der Waals surface area contributed by atoms with Crippen LogP contribution < -0.4 is 5.73 Å². The number of nitrogens with zero attached hydrogens (tertiary/aromatic N) is 1. The van der Waals surface area contributed by atoms with E-state index in [2.05, 4.69) is 26.0 Å². The van der Waals surface area contributed by atoms with Gasteiger partial charge >= 0.3 is 5.97 Å². The molecule has 1 aromatic carbocycles. The highest BCUT2D eigenvalue weighted by Gasteiger charge is 2.20. The van der Waals surface area contributed by atoms with Crippen LogP contribution in [0.1, 0.15) is 43.4 Å². The van der Waals surface area contributed by atoms with Gasteiger partial charge in [-0.3, -0.25) is 9.69 Å². The van der Waals surface area contributed by atoms with Gasteiger partial charge in [-0.1, -0.05) is 50.3 Å². The minimum Gasteiger partial charge on any atom is -0.481 e. The van der Waals surface area contributed by atoms with Crippen LogP contribution in [-0.2, 0) is 4.79 Å². The Morgan fingerprint density at radius 1 is 1.30 bits per heavy atom. The third kappa shape index (κ3) is 4.58. The van der Waals surface area contributed by atoms with Gasteiger partial charge in [0.05, 0.1) is 17.5 Å². The molecule has 0 saturated carbocycles. The molecule has 0 aromatic heterocycles. The highest BCUT2D eigenvalue weighted by molar-refractivity contribution is 7.80. The first kappa shape index (κ1) is 16.6. The van der Waals surface area contributed by atoms with Crippen LogP contribution in [0.5, 0.6) is 0 Å². The van der Waals surface area contributed by atoms with Gasteiger partial charge in [-0.25, -0.2) is 0 Å². The largest absolute Gasteiger partial charge is 0.481 e. The second kappa shape index (κ2) is 7.36. The van der Waals surface area contributed by atoms with E-state index in [1.165, 1.54) is 5.56 Å². The predicted molar refractivity (Wildman–Crippen MR) is 84.9 cm³/mol. The van der Waals surface area contributed by atoms with Crippen LogP contribution in [0.25, 0.3) is 0 Å². The quantitative estimate of drug-likeness (QED) is 0.757. The number of hydrogen-bond acceptors (Lipinski definition) is 3. The Bertz CT molecular complexity index is 471. The third-order valence-corrected chi connectivity index (χ3v) is 3.53. The Balaban J connectivity index is 2.90. The average molecular weight is 294 g/mol. The first-order valence-electron chi connectivity index (χ1n) is 6.64. The van der Waals surface area contributed by atoms with Gasteiger partial charge in [0.2, 0.25) is 0 Å². The smallest absolute Gasteiger partial charge is 0.304 e. The summed E-state index contributed by atoms with van der Waals surface area (Å²) in [5.74, 6) is -0.356. The van der Waals surface area contributed by atoms with Crippen LogP contribution in [0.4, 0.5) is 0 Å². The average Bonchev–Trinajstić information content (AvgIpc) is 2.36. The molecule has 1 unspecified atom stereocenters. The van der Waals surface area contributed by atoms with Crippen molar-refractivity contribution in [2.24, 2.45) is 5.73 Å². The monoisotopic (exact) mass is 294 g/mol. The molecule has 0 spiro atoms. The number of hydrogen-bond donors (Lipinski definition) is 2. The predicted octanol–water partition coefficient (Wildman–Crippen LogP) is 2.54. The maximum atomic E-state index is 10.7. The Morgan fingerprint density at radius 2 is 1.80 bits per heavy atom. The van der Waals surface area contributed by atoms with E-state index in [0.717, 1.165) is 5.56 Å². The zero-order chi connectivity index (χ0) is 15.3. The SMILES string of the molecule is CC(C)c1ccc(C(C(N)=S)N(C)CCC(=O)O)cc1. The molecule has 0 fully saturated rings. The first-order valence-corrected chi connectivity index (χ1v) is 7.05. The van der Waals surface area contributed by atoms with Crippen LogP contribution in [0.3, 0.4) is 0 Å². The van der Waals surface area contributed by atoms with Gasteiger partial charge < -0.3 is 10.8 Å². The van der Waals surface area contributed by atoms with Crippen molar-refractivity contribution in [3.05, 3.63) is 35.4 Å². The number of benzene rings is 1. The van der Waals surface area contributed by atoms with Crippen LogP contribution in [0.15, 0.2) is 24.3 Å². The van der Waals surface area contributed by atoms with E-state index in [4.69, 9.17) is 23.1 Å². The minimum atomic E-state index is -0.825. The summed E-state index contributed by atoms with van der Waals surface area (Å²) in [5.41, 5.74) is 8.06. The van der Waals surface area contributed by atoms with E-state index in [-0.39, 0.29) is 12.5 Å². The van der Waals surface area contributed by atoms with E-state index in [0.29, 0.717) is 17.5 Å². The summed E-state index contributed by atoms with van der Waals surface area (Å²) in [5, 5.41) is 8.76. The summed E-state index contributed by atoms with van der Waals surface area (Å²) in [6.07, 6.45) is 0.0691. The van der Waals surface area contributed by atoms with Gasteiger partial charge in [-0.2, -0.15) is 0 Å². The van der Waals surface area contributed by atoms with Crippen molar-refractivity contribution in [1.29, 1.82) is 0 Å². The maximum Gasteiger partial charge on any atom is 0.304 e. The number of aliphatic carboxylic acids is 1. The molecule has 0 amide bonds. The molecular weight excluding hydrogens is 272 g/mol. The van der Waals surface area contributed by atoms with Crippen LogP contribution in [0.2, 0.25) is 0 Å². The molecule has 20 heavy (non-hydrogen) atoms. The number of likely N-dealkylation sites (N-methyl/N-ethyl adjacent to an activating group) is 1. The summed E-state index contributed by atoms with van der Waals surface area (Å²) in [6.45, 7) is 4.68. The van der Waals surface area contributed by atoms with E-state index < -0.39 is 5.97 Å². The molecule has 0 aliphatic heterocycles. The van der Waals surface area contributed by atoms with Crippen molar-refractivity contribution in [1.82, 2.24) is 4.90 Å². The van der Waals surface area contributed by atoms with Crippen molar-refractivity contribution >= 4 is 23.2 Å². The Morgan fingerprint density at radius 3 is 2.20 bits per heavy atom. The summed E-state index contributed by atoms with van der Waals surface area (Å²) in [6, 6.07) is 7.92. The fourth-order valence-electron chi connectivity index (χ4n) is 2.10. The van der Waals surface area contributed by atoms with Gasteiger partial charge in [0.25, 0.3) is 0 Å². The van der Waals surface area contributed by atoms with Crippen LogP contribution in [0, 0.1) is 0 Å². The van der Waals surface area contributed by atoms with Crippen molar-refractivity contribution < 1.29 is 9.90 Å². The molecule has 110 valence electrons. The number of carbonyl (C=O) groups is 1. The Hall–Kier alpha value is -1.46. The fraction of sp³-hybridized carbons (Fsp3) is 0.467. The van der Waals surface area contributed by atoms with Crippen molar-refractivity contribution in [2.75, 3.05) is 13.6 Å². The lowest BCUT2D eigenvalue weighted by atomic mass is 9.98. The van der Waals surface area contributed by atoms with Crippen molar-refractivity contribution in [3.63, 3.8) is 0 Å². The van der Waals surface area contributed by atoms with Gasteiger partial charge in [0, 0.05) is 6.54 Å². The molecule has 5 heteroatoms. The lowest BCUT2D eigenvalue weighted by Gasteiger charge is -2.27. The molecular formula is C15H22N2O2S. The standard InChI is InChI=1S/C15H22N2O2S/c1-10(2)11-4-6-12(7-5-11)14(15(16)20)17(3)9-8-13(18)19/h4-7,10,14H,8-9H2,1-3H3,(H2,16,20)(H,18,19). The number of carboxylic acids is 1. The lowest BCUT2D eigenvalue weighted by Crippen LogP contribution is -2.35. The van der Waals surface area contributed by atoms with Gasteiger partial charge in [-0.05, 0) is 24.1 Å². The zero-order valence-corrected chi connectivity index (χ0v) is 13.0. The van der Waals surface area contributed by atoms with E-state index in [1.54, 1.807) is 0 Å².